The lowest BCUT2D eigenvalue weighted by Crippen LogP contribution is -2.37. The van der Waals surface area contributed by atoms with Crippen molar-refractivity contribution in [1.82, 2.24) is 10.2 Å². The summed E-state index contributed by atoms with van der Waals surface area (Å²) < 4.78 is 0. The highest BCUT2D eigenvalue weighted by Gasteiger charge is 2.12. The van der Waals surface area contributed by atoms with Crippen molar-refractivity contribution in [1.29, 1.82) is 0 Å². The Bertz CT molecular complexity index is 440. The van der Waals surface area contributed by atoms with Gasteiger partial charge in [0.25, 0.3) is 5.91 Å². The predicted octanol–water partition coefficient (Wildman–Crippen LogP) is 1.92. The number of aromatic hydroxyl groups is 1. The molecule has 1 aromatic rings. The van der Waals surface area contributed by atoms with Gasteiger partial charge < -0.3 is 15.3 Å². The molecule has 104 valence electrons. The van der Waals surface area contributed by atoms with Gasteiger partial charge in [0.1, 0.15) is 5.75 Å². The minimum Gasteiger partial charge on any atom is -0.507 e. The van der Waals surface area contributed by atoms with Crippen LogP contribution < -0.4 is 5.32 Å². The average molecular weight is 262 g/mol. The summed E-state index contributed by atoms with van der Waals surface area (Å²) in [5, 5.41) is 12.6. The number of rotatable bonds is 4. The summed E-state index contributed by atoms with van der Waals surface area (Å²) in [6.45, 7) is 5.67. The van der Waals surface area contributed by atoms with Gasteiger partial charge in [-0.3, -0.25) is 4.79 Å². The van der Waals surface area contributed by atoms with Crippen LogP contribution in [0, 0.1) is 6.92 Å². The standard InChI is InChI=1S/C15H22N2O2/c1-12-5-6-13(14(18)11-12)15(19)16-7-10-17-8-3-2-4-9-17/h5-6,11,18H,2-4,7-10H2,1H3,(H,16,19). The quantitative estimate of drug-likeness (QED) is 0.871. The van der Waals surface area contributed by atoms with E-state index >= 15 is 0 Å². The average Bonchev–Trinajstić information content (AvgIpc) is 2.39. The molecule has 1 aliphatic rings. The maximum absolute atomic E-state index is 11.9. The molecule has 0 unspecified atom stereocenters. The molecule has 1 aliphatic heterocycles. The van der Waals surface area contributed by atoms with Crippen molar-refractivity contribution in [3.63, 3.8) is 0 Å². The lowest BCUT2D eigenvalue weighted by atomic mass is 10.1. The van der Waals surface area contributed by atoms with Crippen LogP contribution in [-0.4, -0.2) is 42.1 Å². The van der Waals surface area contributed by atoms with Crippen molar-refractivity contribution in [3.8, 4) is 5.75 Å². The van der Waals surface area contributed by atoms with Crippen LogP contribution in [0.1, 0.15) is 35.2 Å². The molecular weight excluding hydrogens is 240 g/mol. The molecule has 2 rings (SSSR count). The highest BCUT2D eigenvalue weighted by Crippen LogP contribution is 2.18. The van der Waals surface area contributed by atoms with E-state index in [4.69, 9.17) is 0 Å². The normalized spacial score (nSPS) is 16.3. The van der Waals surface area contributed by atoms with Crippen LogP contribution in [0.15, 0.2) is 18.2 Å². The SMILES string of the molecule is Cc1ccc(C(=O)NCCN2CCCCC2)c(O)c1. The third-order valence-corrected chi connectivity index (χ3v) is 3.56. The fourth-order valence-electron chi connectivity index (χ4n) is 2.44. The van der Waals surface area contributed by atoms with Crippen LogP contribution in [0.2, 0.25) is 0 Å². The summed E-state index contributed by atoms with van der Waals surface area (Å²) in [7, 11) is 0. The summed E-state index contributed by atoms with van der Waals surface area (Å²) in [6, 6.07) is 5.11. The Balaban J connectivity index is 1.80. The van der Waals surface area contributed by atoms with E-state index < -0.39 is 0 Å². The van der Waals surface area contributed by atoms with Gasteiger partial charge in [-0.25, -0.2) is 0 Å². The topological polar surface area (TPSA) is 52.6 Å². The number of aryl methyl sites for hydroxylation is 1. The van der Waals surface area contributed by atoms with Gasteiger partial charge in [0.05, 0.1) is 5.56 Å². The molecule has 4 nitrogen and oxygen atoms in total. The minimum atomic E-state index is -0.200. The molecule has 1 heterocycles. The number of amides is 1. The lowest BCUT2D eigenvalue weighted by molar-refractivity contribution is 0.0944. The number of hydrogen-bond donors (Lipinski definition) is 2. The van der Waals surface area contributed by atoms with Crippen LogP contribution in [0.25, 0.3) is 0 Å². The fourth-order valence-corrected chi connectivity index (χ4v) is 2.44. The van der Waals surface area contributed by atoms with E-state index in [-0.39, 0.29) is 11.7 Å². The first-order chi connectivity index (χ1) is 9.16. The Morgan fingerprint density at radius 1 is 1.32 bits per heavy atom. The van der Waals surface area contributed by atoms with Crippen molar-refractivity contribution in [3.05, 3.63) is 29.3 Å². The summed E-state index contributed by atoms with van der Waals surface area (Å²) in [5.41, 5.74) is 1.30. The van der Waals surface area contributed by atoms with Crippen molar-refractivity contribution in [2.24, 2.45) is 0 Å². The molecule has 0 aliphatic carbocycles. The molecule has 19 heavy (non-hydrogen) atoms. The fraction of sp³-hybridized carbons (Fsp3) is 0.533. The maximum Gasteiger partial charge on any atom is 0.255 e. The smallest absolute Gasteiger partial charge is 0.255 e. The number of piperidine rings is 1. The summed E-state index contributed by atoms with van der Waals surface area (Å²) in [4.78, 5) is 14.3. The van der Waals surface area contributed by atoms with Crippen molar-refractivity contribution >= 4 is 5.91 Å². The number of phenols is 1. The summed E-state index contributed by atoms with van der Waals surface area (Å²) in [6.07, 6.45) is 3.83. The third kappa shape index (κ3) is 3.96. The predicted molar refractivity (Wildman–Crippen MR) is 75.5 cm³/mol. The van der Waals surface area contributed by atoms with E-state index in [1.165, 1.54) is 19.3 Å². The van der Waals surface area contributed by atoms with Crippen LogP contribution in [0.4, 0.5) is 0 Å². The molecule has 1 aromatic carbocycles. The van der Waals surface area contributed by atoms with Gasteiger partial charge in [0.2, 0.25) is 0 Å². The third-order valence-electron chi connectivity index (χ3n) is 3.56. The van der Waals surface area contributed by atoms with E-state index in [0.717, 1.165) is 25.2 Å². The van der Waals surface area contributed by atoms with Crippen LogP contribution in [-0.2, 0) is 0 Å². The van der Waals surface area contributed by atoms with Crippen LogP contribution in [0.5, 0.6) is 5.75 Å². The molecule has 0 radical (unpaired) electrons. The molecule has 0 aromatic heterocycles. The Morgan fingerprint density at radius 3 is 2.74 bits per heavy atom. The lowest BCUT2D eigenvalue weighted by Gasteiger charge is -2.26. The highest BCUT2D eigenvalue weighted by molar-refractivity contribution is 5.96. The van der Waals surface area contributed by atoms with Gasteiger partial charge in [0.15, 0.2) is 0 Å². The van der Waals surface area contributed by atoms with E-state index in [1.54, 1.807) is 12.1 Å². The molecule has 0 spiro atoms. The second-order valence-electron chi connectivity index (χ2n) is 5.18. The molecule has 2 N–H and O–H groups in total. The largest absolute Gasteiger partial charge is 0.507 e. The number of nitrogens with zero attached hydrogens (tertiary/aromatic N) is 1. The first-order valence-corrected chi connectivity index (χ1v) is 6.97. The number of hydrogen-bond acceptors (Lipinski definition) is 3. The van der Waals surface area contributed by atoms with Crippen LogP contribution >= 0.6 is 0 Å². The monoisotopic (exact) mass is 262 g/mol. The van der Waals surface area contributed by atoms with Crippen molar-refractivity contribution in [2.45, 2.75) is 26.2 Å². The number of benzene rings is 1. The Hall–Kier alpha value is -1.55. The second-order valence-corrected chi connectivity index (χ2v) is 5.18. The molecule has 1 saturated heterocycles. The van der Waals surface area contributed by atoms with E-state index in [0.29, 0.717) is 12.1 Å². The zero-order valence-corrected chi connectivity index (χ0v) is 11.5. The maximum atomic E-state index is 11.9. The minimum absolute atomic E-state index is 0.0514. The number of phenolic OH excluding ortho intramolecular Hbond substituents is 1. The van der Waals surface area contributed by atoms with Gasteiger partial charge in [-0.1, -0.05) is 12.5 Å². The molecule has 1 fully saturated rings. The summed E-state index contributed by atoms with van der Waals surface area (Å²) in [5.74, 6) is -0.148. The molecular formula is C15H22N2O2. The molecule has 1 amide bonds. The van der Waals surface area contributed by atoms with E-state index in [2.05, 4.69) is 10.2 Å². The summed E-state index contributed by atoms with van der Waals surface area (Å²) >= 11 is 0. The van der Waals surface area contributed by atoms with Gasteiger partial charge in [-0.15, -0.1) is 0 Å². The van der Waals surface area contributed by atoms with Gasteiger partial charge in [-0.2, -0.15) is 0 Å². The Kier molecular flexibility index (Phi) is 4.80. The van der Waals surface area contributed by atoms with Gasteiger partial charge in [-0.05, 0) is 50.6 Å². The Labute approximate surface area is 114 Å². The zero-order valence-electron chi connectivity index (χ0n) is 11.5. The molecule has 4 heteroatoms. The van der Waals surface area contributed by atoms with Crippen molar-refractivity contribution < 1.29 is 9.90 Å². The first-order valence-electron chi connectivity index (χ1n) is 6.97. The van der Waals surface area contributed by atoms with Gasteiger partial charge in [0, 0.05) is 13.1 Å². The first kappa shape index (κ1) is 13.9. The van der Waals surface area contributed by atoms with E-state index in [9.17, 15) is 9.90 Å². The number of carbonyl (C=O) groups is 1. The molecule has 0 saturated carbocycles. The number of nitrogens with one attached hydrogen (secondary N) is 1. The highest BCUT2D eigenvalue weighted by atomic mass is 16.3. The number of likely N-dealkylation sites (tertiary alicyclic amines) is 1. The molecule has 0 bridgehead atoms. The van der Waals surface area contributed by atoms with E-state index in [1.807, 2.05) is 13.0 Å². The zero-order chi connectivity index (χ0) is 13.7. The van der Waals surface area contributed by atoms with Gasteiger partial charge >= 0.3 is 0 Å². The second kappa shape index (κ2) is 6.57. The number of carbonyl (C=O) groups excluding carboxylic acids is 1. The molecule has 0 atom stereocenters. The van der Waals surface area contributed by atoms with Crippen LogP contribution in [0.3, 0.4) is 0 Å². The Morgan fingerprint density at radius 2 is 2.05 bits per heavy atom. The van der Waals surface area contributed by atoms with Crippen molar-refractivity contribution in [2.75, 3.05) is 26.2 Å².